The predicted molar refractivity (Wildman–Crippen MR) is 119 cm³/mol. The standard InChI is InChI=1S/C21H16BrClN2O2S/c22-18-6-1-2-7-19(18)25-20(26)13-28-17-10-8-16(9-11-17)24-21(27)14-4-3-5-15(23)12-14/h1-12H,13H2,(H,24,27)(H,25,26). The van der Waals surface area contributed by atoms with Gasteiger partial charge in [0.25, 0.3) is 5.91 Å². The summed E-state index contributed by atoms with van der Waals surface area (Å²) in [7, 11) is 0. The van der Waals surface area contributed by atoms with Crippen molar-refractivity contribution in [3.8, 4) is 0 Å². The number of halogens is 2. The maximum absolute atomic E-state index is 12.2. The van der Waals surface area contributed by atoms with Gasteiger partial charge in [-0.3, -0.25) is 9.59 Å². The van der Waals surface area contributed by atoms with Crippen molar-refractivity contribution in [2.45, 2.75) is 4.90 Å². The molecule has 0 bridgehead atoms. The van der Waals surface area contributed by atoms with E-state index in [2.05, 4.69) is 26.6 Å². The first kappa shape index (κ1) is 20.5. The Bertz CT molecular complexity index is 996. The van der Waals surface area contributed by atoms with Crippen molar-refractivity contribution < 1.29 is 9.59 Å². The van der Waals surface area contributed by atoms with E-state index in [0.717, 1.165) is 15.1 Å². The first-order valence-corrected chi connectivity index (χ1v) is 10.5. The second-order valence-electron chi connectivity index (χ2n) is 5.81. The average molecular weight is 476 g/mol. The van der Waals surface area contributed by atoms with E-state index in [1.165, 1.54) is 11.8 Å². The van der Waals surface area contributed by atoms with Gasteiger partial charge in [0.1, 0.15) is 0 Å². The molecule has 7 heteroatoms. The third-order valence-corrected chi connectivity index (χ3v) is 5.66. The molecule has 0 atom stereocenters. The summed E-state index contributed by atoms with van der Waals surface area (Å²) in [6.45, 7) is 0. The Kier molecular flexibility index (Phi) is 7.14. The van der Waals surface area contributed by atoms with Gasteiger partial charge in [-0.15, -0.1) is 11.8 Å². The highest BCUT2D eigenvalue weighted by Crippen LogP contribution is 2.24. The van der Waals surface area contributed by atoms with Crippen LogP contribution in [0.2, 0.25) is 5.02 Å². The highest BCUT2D eigenvalue weighted by Gasteiger charge is 2.08. The first-order chi connectivity index (χ1) is 13.5. The average Bonchev–Trinajstić information content (AvgIpc) is 2.69. The van der Waals surface area contributed by atoms with Crippen LogP contribution in [0.3, 0.4) is 0 Å². The fraction of sp³-hybridized carbons (Fsp3) is 0.0476. The van der Waals surface area contributed by atoms with Crippen molar-refractivity contribution in [2.75, 3.05) is 16.4 Å². The summed E-state index contributed by atoms with van der Waals surface area (Å²) in [4.78, 5) is 25.3. The van der Waals surface area contributed by atoms with Crippen molar-refractivity contribution in [1.82, 2.24) is 0 Å². The Morgan fingerprint density at radius 2 is 1.68 bits per heavy atom. The van der Waals surface area contributed by atoms with Crippen molar-refractivity contribution in [2.24, 2.45) is 0 Å². The van der Waals surface area contributed by atoms with Crippen LogP contribution < -0.4 is 10.6 Å². The number of thioether (sulfide) groups is 1. The topological polar surface area (TPSA) is 58.2 Å². The lowest BCUT2D eigenvalue weighted by atomic mass is 10.2. The molecule has 3 aromatic carbocycles. The first-order valence-electron chi connectivity index (χ1n) is 8.35. The fourth-order valence-corrected chi connectivity index (χ4v) is 3.64. The van der Waals surface area contributed by atoms with E-state index < -0.39 is 0 Å². The summed E-state index contributed by atoms with van der Waals surface area (Å²) in [5.41, 5.74) is 1.91. The molecule has 2 N–H and O–H groups in total. The van der Waals surface area contributed by atoms with Gasteiger partial charge in [0.15, 0.2) is 0 Å². The van der Waals surface area contributed by atoms with Crippen molar-refractivity contribution in [3.63, 3.8) is 0 Å². The lowest BCUT2D eigenvalue weighted by Gasteiger charge is -2.08. The molecular formula is C21H16BrClN2O2S. The monoisotopic (exact) mass is 474 g/mol. The Morgan fingerprint density at radius 3 is 2.39 bits per heavy atom. The van der Waals surface area contributed by atoms with E-state index in [9.17, 15) is 9.59 Å². The molecule has 0 saturated carbocycles. The van der Waals surface area contributed by atoms with Crippen molar-refractivity contribution >= 4 is 62.5 Å². The second-order valence-corrected chi connectivity index (χ2v) is 8.15. The Morgan fingerprint density at radius 1 is 0.929 bits per heavy atom. The van der Waals surface area contributed by atoms with Crippen LogP contribution in [0, 0.1) is 0 Å². The number of carbonyl (C=O) groups is 2. The Balaban J connectivity index is 1.52. The van der Waals surface area contributed by atoms with Gasteiger partial charge in [0.2, 0.25) is 5.91 Å². The number of nitrogens with one attached hydrogen (secondary N) is 2. The van der Waals surface area contributed by atoms with Crippen LogP contribution in [-0.4, -0.2) is 17.6 Å². The second kappa shape index (κ2) is 9.78. The number of rotatable bonds is 6. The van der Waals surface area contributed by atoms with E-state index in [1.807, 2.05) is 36.4 Å². The molecule has 0 spiro atoms. The summed E-state index contributed by atoms with van der Waals surface area (Å²) < 4.78 is 0.841. The number of anilines is 2. The minimum atomic E-state index is -0.226. The third-order valence-electron chi connectivity index (χ3n) is 3.72. The molecule has 3 aromatic rings. The largest absolute Gasteiger partial charge is 0.324 e. The molecule has 0 unspecified atom stereocenters. The number of hydrogen-bond acceptors (Lipinski definition) is 3. The van der Waals surface area contributed by atoms with Gasteiger partial charge in [-0.05, 0) is 70.5 Å². The molecule has 0 aliphatic heterocycles. The van der Waals surface area contributed by atoms with Gasteiger partial charge in [-0.2, -0.15) is 0 Å². The molecule has 2 amide bonds. The number of carbonyl (C=O) groups excluding carboxylic acids is 2. The van der Waals surface area contributed by atoms with Crippen LogP contribution in [-0.2, 0) is 4.79 Å². The highest BCUT2D eigenvalue weighted by atomic mass is 79.9. The van der Waals surface area contributed by atoms with E-state index in [-0.39, 0.29) is 17.6 Å². The smallest absolute Gasteiger partial charge is 0.255 e. The maximum atomic E-state index is 12.2. The molecule has 0 radical (unpaired) electrons. The minimum absolute atomic E-state index is 0.0877. The lowest BCUT2D eigenvalue weighted by molar-refractivity contribution is -0.113. The molecule has 0 aromatic heterocycles. The van der Waals surface area contributed by atoms with Gasteiger partial charge < -0.3 is 10.6 Å². The zero-order valence-electron chi connectivity index (χ0n) is 14.6. The summed E-state index contributed by atoms with van der Waals surface area (Å²) in [6, 6.07) is 21.6. The summed E-state index contributed by atoms with van der Waals surface area (Å²) in [5, 5.41) is 6.21. The van der Waals surface area contributed by atoms with Crippen molar-refractivity contribution in [1.29, 1.82) is 0 Å². The SMILES string of the molecule is O=C(CSc1ccc(NC(=O)c2cccc(Cl)c2)cc1)Nc1ccccc1Br. The molecule has 0 heterocycles. The molecule has 0 aliphatic rings. The Labute approximate surface area is 180 Å². The minimum Gasteiger partial charge on any atom is -0.324 e. The van der Waals surface area contributed by atoms with Crippen LogP contribution in [0.4, 0.5) is 11.4 Å². The molecule has 0 aliphatic carbocycles. The van der Waals surface area contributed by atoms with Crippen LogP contribution in [0.5, 0.6) is 0 Å². The molecule has 142 valence electrons. The van der Waals surface area contributed by atoms with Gasteiger partial charge in [-0.25, -0.2) is 0 Å². The normalized spacial score (nSPS) is 10.4. The summed E-state index contributed by atoms with van der Waals surface area (Å²) >= 11 is 10.7. The van der Waals surface area contributed by atoms with E-state index in [1.54, 1.807) is 36.4 Å². The summed E-state index contributed by atoms with van der Waals surface area (Å²) in [6.07, 6.45) is 0. The molecule has 4 nitrogen and oxygen atoms in total. The van der Waals surface area contributed by atoms with Crippen LogP contribution in [0.15, 0.2) is 82.2 Å². The van der Waals surface area contributed by atoms with Gasteiger partial charge >= 0.3 is 0 Å². The van der Waals surface area contributed by atoms with Gasteiger partial charge in [0, 0.05) is 25.6 Å². The van der Waals surface area contributed by atoms with Crippen LogP contribution >= 0.6 is 39.3 Å². The molecule has 28 heavy (non-hydrogen) atoms. The molecular weight excluding hydrogens is 460 g/mol. The zero-order valence-corrected chi connectivity index (χ0v) is 17.8. The number of amides is 2. The molecule has 3 rings (SSSR count). The van der Waals surface area contributed by atoms with E-state index >= 15 is 0 Å². The molecule has 0 fully saturated rings. The third kappa shape index (κ3) is 5.86. The van der Waals surface area contributed by atoms with Crippen LogP contribution in [0.1, 0.15) is 10.4 Å². The molecule has 0 saturated heterocycles. The Hall–Kier alpha value is -2.28. The quantitative estimate of drug-likeness (QED) is 0.424. The zero-order chi connectivity index (χ0) is 19.9. The fourth-order valence-electron chi connectivity index (χ4n) is 2.37. The van der Waals surface area contributed by atoms with E-state index in [0.29, 0.717) is 16.3 Å². The predicted octanol–water partition coefficient (Wildman–Crippen LogP) is 6.09. The number of para-hydroxylation sites is 1. The maximum Gasteiger partial charge on any atom is 0.255 e. The van der Waals surface area contributed by atoms with Gasteiger partial charge in [-0.1, -0.05) is 29.8 Å². The number of hydrogen-bond donors (Lipinski definition) is 2. The lowest BCUT2D eigenvalue weighted by Crippen LogP contribution is -2.14. The van der Waals surface area contributed by atoms with E-state index in [4.69, 9.17) is 11.6 Å². The summed E-state index contributed by atoms with van der Waals surface area (Å²) in [5.74, 6) is -0.0267. The van der Waals surface area contributed by atoms with Gasteiger partial charge in [0.05, 0.1) is 11.4 Å². The van der Waals surface area contributed by atoms with Crippen LogP contribution in [0.25, 0.3) is 0 Å². The highest BCUT2D eigenvalue weighted by molar-refractivity contribution is 9.10. The number of benzene rings is 3. The van der Waals surface area contributed by atoms with Crippen molar-refractivity contribution in [3.05, 3.63) is 87.9 Å².